The summed E-state index contributed by atoms with van der Waals surface area (Å²) in [6, 6.07) is 4.28. The highest BCUT2D eigenvalue weighted by Gasteiger charge is 2.30. The van der Waals surface area contributed by atoms with Crippen LogP contribution in [0.1, 0.15) is 12.0 Å². The monoisotopic (exact) mass is 287 g/mol. The highest BCUT2D eigenvalue weighted by atomic mass is 19.4. The highest BCUT2D eigenvalue weighted by molar-refractivity contribution is 5.89. The third-order valence-corrected chi connectivity index (χ3v) is 3.07. The minimum absolute atomic E-state index is 0.155. The van der Waals surface area contributed by atoms with E-state index in [1.807, 2.05) is 0 Å². The van der Waals surface area contributed by atoms with E-state index < -0.39 is 11.7 Å². The van der Waals surface area contributed by atoms with E-state index in [2.05, 4.69) is 10.6 Å². The molecule has 0 spiro atoms. The molecule has 2 N–H and O–H groups in total. The van der Waals surface area contributed by atoms with Gasteiger partial charge in [-0.15, -0.1) is 0 Å². The normalized spacial score (nSPS) is 16.6. The van der Waals surface area contributed by atoms with Crippen LogP contribution in [0.3, 0.4) is 0 Å². The number of carbonyl (C=O) groups is 1. The zero-order chi connectivity index (χ0) is 14.6. The molecule has 0 bridgehead atoms. The van der Waals surface area contributed by atoms with E-state index in [1.54, 1.807) is 4.90 Å². The molecule has 1 aromatic rings. The van der Waals surface area contributed by atoms with Crippen molar-refractivity contribution in [3.8, 4) is 0 Å². The first kappa shape index (κ1) is 14.6. The van der Waals surface area contributed by atoms with Gasteiger partial charge < -0.3 is 15.5 Å². The van der Waals surface area contributed by atoms with Gasteiger partial charge in [-0.05, 0) is 31.2 Å². The van der Waals surface area contributed by atoms with Gasteiger partial charge >= 0.3 is 12.2 Å². The van der Waals surface area contributed by atoms with Crippen LogP contribution < -0.4 is 10.6 Å². The Bertz CT molecular complexity index is 468. The maximum atomic E-state index is 12.6. The Balaban J connectivity index is 2.03. The minimum Gasteiger partial charge on any atom is -0.323 e. The van der Waals surface area contributed by atoms with Crippen molar-refractivity contribution in [3.63, 3.8) is 0 Å². The van der Waals surface area contributed by atoms with Crippen molar-refractivity contribution >= 4 is 11.7 Å². The lowest BCUT2D eigenvalue weighted by molar-refractivity contribution is -0.137. The molecule has 7 heteroatoms. The number of nitrogens with zero attached hydrogens (tertiary/aromatic N) is 1. The predicted molar refractivity (Wildman–Crippen MR) is 69.5 cm³/mol. The van der Waals surface area contributed by atoms with Crippen LogP contribution in [0.5, 0.6) is 0 Å². The Morgan fingerprint density at radius 2 is 2.05 bits per heavy atom. The zero-order valence-corrected chi connectivity index (χ0v) is 10.8. The Hall–Kier alpha value is -1.76. The molecule has 2 rings (SSSR count). The third kappa shape index (κ3) is 3.86. The number of hydrogen-bond donors (Lipinski definition) is 2. The molecule has 0 aliphatic carbocycles. The Kier molecular flexibility index (Phi) is 4.49. The minimum atomic E-state index is -4.41. The van der Waals surface area contributed by atoms with Crippen LogP contribution in [0.4, 0.5) is 23.7 Å². The summed E-state index contributed by atoms with van der Waals surface area (Å²) >= 11 is 0. The summed E-state index contributed by atoms with van der Waals surface area (Å²) in [7, 11) is 0. The van der Waals surface area contributed by atoms with E-state index in [9.17, 15) is 18.0 Å². The second-order valence-electron chi connectivity index (χ2n) is 4.60. The van der Waals surface area contributed by atoms with Gasteiger partial charge in [-0.2, -0.15) is 13.2 Å². The summed E-state index contributed by atoms with van der Waals surface area (Å²) in [5.74, 6) is 0. The van der Waals surface area contributed by atoms with Gasteiger partial charge in [-0.3, -0.25) is 0 Å². The quantitative estimate of drug-likeness (QED) is 0.833. The van der Waals surface area contributed by atoms with E-state index in [4.69, 9.17) is 0 Å². The second-order valence-corrected chi connectivity index (χ2v) is 4.60. The first-order valence-corrected chi connectivity index (χ1v) is 6.41. The van der Waals surface area contributed by atoms with Gasteiger partial charge in [0, 0.05) is 25.3 Å². The Labute approximate surface area is 114 Å². The summed E-state index contributed by atoms with van der Waals surface area (Å²) in [4.78, 5) is 13.6. The number of halogens is 3. The number of amides is 2. The summed E-state index contributed by atoms with van der Waals surface area (Å²) in [5, 5.41) is 5.67. The van der Waals surface area contributed by atoms with Gasteiger partial charge in [0.05, 0.1) is 5.56 Å². The van der Waals surface area contributed by atoms with Crippen LogP contribution in [-0.4, -0.2) is 37.1 Å². The van der Waals surface area contributed by atoms with Crippen molar-refractivity contribution < 1.29 is 18.0 Å². The molecule has 110 valence electrons. The number of rotatable bonds is 1. The summed E-state index contributed by atoms with van der Waals surface area (Å²) < 4.78 is 37.7. The average molecular weight is 287 g/mol. The van der Waals surface area contributed by atoms with Gasteiger partial charge in [-0.1, -0.05) is 6.07 Å². The van der Waals surface area contributed by atoms with Crippen molar-refractivity contribution in [1.29, 1.82) is 0 Å². The fourth-order valence-corrected chi connectivity index (χ4v) is 2.02. The number of carbonyl (C=O) groups excluding carboxylic acids is 1. The molecule has 1 saturated heterocycles. The van der Waals surface area contributed by atoms with Crippen LogP contribution in [-0.2, 0) is 6.18 Å². The van der Waals surface area contributed by atoms with Crippen LogP contribution >= 0.6 is 0 Å². The van der Waals surface area contributed by atoms with E-state index >= 15 is 0 Å². The smallest absolute Gasteiger partial charge is 0.323 e. The lowest BCUT2D eigenvalue weighted by Gasteiger charge is -2.20. The number of alkyl halides is 3. The SMILES string of the molecule is O=C(Nc1cccc(C(F)(F)F)c1)N1CCCNCC1. The van der Waals surface area contributed by atoms with Crippen molar-refractivity contribution in [2.45, 2.75) is 12.6 Å². The van der Waals surface area contributed by atoms with Gasteiger partial charge in [0.2, 0.25) is 0 Å². The molecule has 0 saturated carbocycles. The topological polar surface area (TPSA) is 44.4 Å². The van der Waals surface area contributed by atoms with Gasteiger partial charge in [-0.25, -0.2) is 4.79 Å². The molecule has 2 amide bonds. The molecule has 0 radical (unpaired) electrons. The number of benzene rings is 1. The van der Waals surface area contributed by atoms with Crippen LogP contribution in [0.25, 0.3) is 0 Å². The molecule has 0 aromatic heterocycles. The van der Waals surface area contributed by atoms with E-state index in [0.717, 1.165) is 25.1 Å². The predicted octanol–water partition coefficient (Wildman–Crippen LogP) is 2.53. The molecule has 20 heavy (non-hydrogen) atoms. The third-order valence-electron chi connectivity index (χ3n) is 3.07. The van der Waals surface area contributed by atoms with Crippen molar-refractivity contribution in [1.82, 2.24) is 10.2 Å². The lowest BCUT2D eigenvalue weighted by atomic mass is 10.2. The van der Waals surface area contributed by atoms with Crippen molar-refractivity contribution in [2.24, 2.45) is 0 Å². The fourth-order valence-electron chi connectivity index (χ4n) is 2.02. The van der Waals surface area contributed by atoms with Gasteiger partial charge in [0.25, 0.3) is 0 Å². The maximum Gasteiger partial charge on any atom is 0.416 e. The zero-order valence-electron chi connectivity index (χ0n) is 10.8. The number of urea groups is 1. The van der Waals surface area contributed by atoms with Crippen LogP contribution in [0.2, 0.25) is 0 Å². The van der Waals surface area contributed by atoms with Gasteiger partial charge in [0.15, 0.2) is 0 Å². The van der Waals surface area contributed by atoms with Gasteiger partial charge in [0.1, 0.15) is 0 Å². The number of anilines is 1. The van der Waals surface area contributed by atoms with Crippen molar-refractivity contribution in [2.75, 3.05) is 31.5 Å². The van der Waals surface area contributed by atoms with Crippen LogP contribution in [0.15, 0.2) is 24.3 Å². The van der Waals surface area contributed by atoms with Crippen molar-refractivity contribution in [3.05, 3.63) is 29.8 Å². The molecular weight excluding hydrogens is 271 g/mol. The Morgan fingerprint density at radius 1 is 1.25 bits per heavy atom. The first-order chi connectivity index (χ1) is 9.47. The summed E-state index contributed by atoms with van der Waals surface area (Å²) in [5.41, 5.74) is -0.616. The lowest BCUT2D eigenvalue weighted by Crippen LogP contribution is -2.37. The van der Waals surface area contributed by atoms with Crippen LogP contribution in [0, 0.1) is 0 Å². The molecule has 1 heterocycles. The first-order valence-electron chi connectivity index (χ1n) is 6.41. The summed E-state index contributed by atoms with van der Waals surface area (Å²) in [6.45, 7) is 2.67. The summed E-state index contributed by atoms with van der Waals surface area (Å²) in [6.07, 6.45) is -3.58. The molecule has 1 aromatic carbocycles. The molecule has 0 atom stereocenters. The molecule has 1 aliphatic rings. The highest BCUT2D eigenvalue weighted by Crippen LogP contribution is 2.30. The largest absolute Gasteiger partial charge is 0.416 e. The van der Waals surface area contributed by atoms with E-state index in [1.165, 1.54) is 12.1 Å². The molecule has 0 unspecified atom stereocenters. The Morgan fingerprint density at radius 3 is 2.80 bits per heavy atom. The average Bonchev–Trinajstić information content (AvgIpc) is 2.67. The number of nitrogens with one attached hydrogen (secondary N) is 2. The number of hydrogen-bond acceptors (Lipinski definition) is 2. The second kappa shape index (κ2) is 6.13. The molecule has 1 fully saturated rings. The molecule has 4 nitrogen and oxygen atoms in total. The maximum absolute atomic E-state index is 12.6. The molecule has 1 aliphatic heterocycles. The standard InChI is InChI=1S/C13H16F3N3O/c14-13(15,16)10-3-1-4-11(9-10)18-12(20)19-7-2-5-17-6-8-19/h1,3-4,9,17H,2,5-8H2,(H,18,20). The molecular formula is C13H16F3N3O. The van der Waals surface area contributed by atoms with E-state index in [0.29, 0.717) is 19.6 Å². The van der Waals surface area contributed by atoms with E-state index in [-0.39, 0.29) is 11.7 Å². The fraction of sp³-hybridized carbons (Fsp3) is 0.462.